The first kappa shape index (κ1) is 8.29. The summed E-state index contributed by atoms with van der Waals surface area (Å²) >= 11 is 0. The second kappa shape index (κ2) is 3.54. The molecule has 6 heteroatoms. The van der Waals surface area contributed by atoms with Gasteiger partial charge in [-0.3, -0.25) is 0 Å². The van der Waals surface area contributed by atoms with Gasteiger partial charge in [-0.2, -0.15) is 0 Å². The second-order valence-corrected chi connectivity index (χ2v) is 2.34. The number of ether oxygens (including phenoxy) is 1. The van der Waals surface area contributed by atoms with Crippen molar-refractivity contribution in [2.24, 2.45) is 5.11 Å². The highest BCUT2D eigenvalue weighted by Gasteiger charge is 2.33. The minimum absolute atomic E-state index is 0.0642. The topological polar surface area (TPSA) is 98.5 Å². The van der Waals surface area contributed by atoms with Crippen molar-refractivity contribution in [2.75, 3.05) is 13.2 Å². The molecule has 0 amide bonds. The van der Waals surface area contributed by atoms with E-state index in [1.807, 2.05) is 0 Å². The monoisotopic (exact) mass is 159 g/mol. The van der Waals surface area contributed by atoms with E-state index in [0.717, 1.165) is 0 Å². The highest BCUT2D eigenvalue weighted by atomic mass is 16.5. The molecule has 2 N–H and O–H groups in total. The Labute approximate surface area is 63.0 Å². The number of nitrogens with zero attached hydrogens (tertiary/aromatic N) is 3. The number of azide groups is 1. The molecule has 0 bridgehead atoms. The Balaban J connectivity index is 2.41. The van der Waals surface area contributed by atoms with E-state index in [2.05, 4.69) is 10.0 Å². The second-order valence-electron chi connectivity index (χ2n) is 2.34. The summed E-state index contributed by atoms with van der Waals surface area (Å²) in [7, 11) is 0. The van der Waals surface area contributed by atoms with Crippen LogP contribution in [-0.2, 0) is 4.74 Å². The van der Waals surface area contributed by atoms with Crippen LogP contribution < -0.4 is 0 Å². The molecule has 0 spiro atoms. The van der Waals surface area contributed by atoms with E-state index in [1.165, 1.54) is 0 Å². The zero-order valence-corrected chi connectivity index (χ0v) is 5.79. The van der Waals surface area contributed by atoms with Crippen molar-refractivity contribution in [3.8, 4) is 0 Å². The van der Waals surface area contributed by atoms with Gasteiger partial charge < -0.3 is 14.9 Å². The van der Waals surface area contributed by atoms with Gasteiger partial charge in [-0.1, -0.05) is 5.11 Å². The van der Waals surface area contributed by atoms with Crippen molar-refractivity contribution in [2.45, 2.75) is 18.3 Å². The third kappa shape index (κ3) is 1.81. The van der Waals surface area contributed by atoms with Crippen LogP contribution in [0.4, 0.5) is 0 Å². The fourth-order valence-corrected chi connectivity index (χ4v) is 0.945. The number of aliphatic hydroxyl groups excluding tert-OH is 2. The van der Waals surface area contributed by atoms with Crippen LogP contribution in [-0.4, -0.2) is 41.7 Å². The molecule has 0 unspecified atom stereocenters. The Kier molecular flexibility index (Phi) is 2.67. The average Bonchev–Trinajstić information content (AvgIpc) is 2.31. The van der Waals surface area contributed by atoms with E-state index < -0.39 is 18.3 Å². The molecular formula is C5H9N3O3. The minimum atomic E-state index is -0.930. The molecule has 62 valence electrons. The predicted molar refractivity (Wildman–Crippen MR) is 35.8 cm³/mol. The minimum Gasteiger partial charge on any atom is -0.388 e. The van der Waals surface area contributed by atoms with Crippen LogP contribution in [0.1, 0.15) is 0 Å². The molecule has 0 saturated carbocycles. The van der Waals surface area contributed by atoms with E-state index in [0.29, 0.717) is 0 Å². The Morgan fingerprint density at radius 2 is 2.36 bits per heavy atom. The van der Waals surface area contributed by atoms with Gasteiger partial charge in [0.25, 0.3) is 0 Å². The average molecular weight is 159 g/mol. The van der Waals surface area contributed by atoms with Crippen molar-refractivity contribution in [3.05, 3.63) is 10.4 Å². The van der Waals surface area contributed by atoms with Crippen LogP contribution in [0.3, 0.4) is 0 Å². The van der Waals surface area contributed by atoms with E-state index in [9.17, 15) is 0 Å². The van der Waals surface area contributed by atoms with E-state index in [1.54, 1.807) is 0 Å². The summed E-state index contributed by atoms with van der Waals surface area (Å²) < 4.78 is 4.91. The van der Waals surface area contributed by atoms with Gasteiger partial charge >= 0.3 is 0 Å². The lowest BCUT2D eigenvalue weighted by molar-refractivity contribution is 0.0276. The summed E-state index contributed by atoms with van der Waals surface area (Å²) in [5, 5.41) is 21.3. The molecule has 0 aromatic carbocycles. The summed E-state index contributed by atoms with van der Waals surface area (Å²) in [6.07, 6.45) is -2.34. The lowest BCUT2D eigenvalue weighted by atomic mass is 10.1. The van der Waals surface area contributed by atoms with Gasteiger partial charge in [0.05, 0.1) is 19.3 Å². The third-order valence-electron chi connectivity index (χ3n) is 1.58. The maximum Gasteiger partial charge on any atom is 0.108 e. The Hall–Kier alpha value is -0.810. The first-order valence-electron chi connectivity index (χ1n) is 3.24. The van der Waals surface area contributed by atoms with Gasteiger partial charge in [0.15, 0.2) is 0 Å². The largest absolute Gasteiger partial charge is 0.388 e. The Bertz CT molecular complexity index is 180. The predicted octanol–water partition coefficient (Wildman–Crippen LogP) is -0.583. The van der Waals surface area contributed by atoms with Crippen molar-refractivity contribution in [3.63, 3.8) is 0 Å². The van der Waals surface area contributed by atoms with Gasteiger partial charge in [-0.15, -0.1) is 0 Å². The van der Waals surface area contributed by atoms with E-state index >= 15 is 0 Å². The third-order valence-corrected chi connectivity index (χ3v) is 1.58. The molecule has 1 saturated heterocycles. The summed E-state index contributed by atoms with van der Waals surface area (Å²) in [5.74, 6) is 0. The Morgan fingerprint density at radius 1 is 1.64 bits per heavy atom. The van der Waals surface area contributed by atoms with Crippen molar-refractivity contribution in [1.29, 1.82) is 0 Å². The summed E-state index contributed by atoms with van der Waals surface area (Å²) in [6, 6.07) is 0. The smallest absolute Gasteiger partial charge is 0.108 e. The highest BCUT2D eigenvalue weighted by molar-refractivity contribution is 4.84. The van der Waals surface area contributed by atoms with E-state index in [-0.39, 0.29) is 13.2 Å². The first-order chi connectivity index (χ1) is 5.25. The lowest BCUT2D eigenvalue weighted by Crippen LogP contribution is -2.31. The summed E-state index contributed by atoms with van der Waals surface area (Å²) in [6.45, 7) is 0.168. The molecule has 1 aliphatic heterocycles. The van der Waals surface area contributed by atoms with Crippen LogP contribution in [0.15, 0.2) is 5.11 Å². The molecule has 1 heterocycles. The van der Waals surface area contributed by atoms with Gasteiger partial charge in [0.2, 0.25) is 0 Å². The molecule has 0 radical (unpaired) electrons. The van der Waals surface area contributed by atoms with E-state index in [4.69, 9.17) is 20.5 Å². The normalized spacial score (nSPS) is 36.7. The quantitative estimate of drug-likeness (QED) is 0.320. The lowest BCUT2D eigenvalue weighted by Gasteiger charge is -2.10. The van der Waals surface area contributed by atoms with Crippen molar-refractivity contribution < 1.29 is 14.9 Å². The molecule has 1 fully saturated rings. The maximum absolute atomic E-state index is 9.13. The number of hydrogen-bond acceptors (Lipinski definition) is 4. The highest BCUT2D eigenvalue weighted by Crippen LogP contribution is 2.14. The molecule has 1 rings (SSSR count). The summed E-state index contributed by atoms with van der Waals surface area (Å²) in [4.78, 5) is 2.51. The van der Waals surface area contributed by atoms with Crippen LogP contribution in [0.2, 0.25) is 0 Å². The van der Waals surface area contributed by atoms with Crippen LogP contribution in [0.25, 0.3) is 10.4 Å². The molecule has 0 aliphatic carbocycles. The van der Waals surface area contributed by atoms with Crippen LogP contribution in [0.5, 0.6) is 0 Å². The maximum atomic E-state index is 9.13. The molecule has 11 heavy (non-hydrogen) atoms. The molecule has 0 aromatic heterocycles. The molecule has 3 atom stereocenters. The van der Waals surface area contributed by atoms with Gasteiger partial charge in [0.1, 0.15) is 12.2 Å². The summed E-state index contributed by atoms with van der Waals surface area (Å²) in [5.41, 5.74) is 7.94. The standard InChI is InChI=1S/C5H9N3O3/c6-8-7-1-4-5(10)3(9)2-11-4/h3-5,9-10H,1-2H2/t3-,4-,5+/m0/s1. The SMILES string of the molecule is [N-]=[N+]=NC[C@@H]1OC[C@H](O)[C@H]1O. The fraction of sp³-hybridized carbons (Fsp3) is 1.00. The fourth-order valence-electron chi connectivity index (χ4n) is 0.945. The van der Waals surface area contributed by atoms with Crippen LogP contribution >= 0.6 is 0 Å². The molecular weight excluding hydrogens is 150 g/mol. The van der Waals surface area contributed by atoms with Gasteiger partial charge in [0, 0.05) is 4.91 Å². The van der Waals surface area contributed by atoms with Crippen LogP contribution in [0, 0.1) is 0 Å². The number of rotatable bonds is 2. The Morgan fingerprint density at radius 3 is 2.82 bits per heavy atom. The molecule has 1 aliphatic rings. The van der Waals surface area contributed by atoms with Gasteiger partial charge in [-0.05, 0) is 5.53 Å². The van der Waals surface area contributed by atoms with Crippen molar-refractivity contribution >= 4 is 0 Å². The molecule has 6 nitrogen and oxygen atoms in total. The zero-order valence-electron chi connectivity index (χ0n) is 5.79. The van der Waals surface area contributed by atoms with Gasteiger partial charge in [-0.25, -0.2) is 0 Å². The molecule has 0 aromatic rings. The zero-order chi connectivity index (χ0) is 8.27. The van der Waals surface area contributed by atoms with Crippen molar-refractivity contribution in [1.82, 2.24) is 0 Å². The first-order valence-corrected chi connectivity index (χ1v) is 3.24. The number of aliphatic hydroxyl groups is 2. The number of hydrogen-bond donors (Lipinski definition) is 2.